The summed E-state index contributed by atoms with van der Waals surface area (Å²) in [5, 5.41) is 0. The summed E-state index contributed by atoms with van der Waals surface area (Å²) >= 11 is 0. The van der Waals surface area contributed by atoms with Crippen LogP contribution in [0.4, 0.5) is 4.39 Å². The Hall–Kier alpha value is -0.930. The minimum absolute atomic E-state index is 0.169. The standard InChI is InChI=1S/C13H19FN2/c1-16-7-6-10(9-15)8-13(16)11-2-4-12(14)5-3-11/h2-5,10,13H,6-9,15H2,1H3. The van der Waals surface area contributed by atoms with Crippen LogP contribution in [-0.2, 0) is 0 Å². The van der Waals surface area contributed by atoms with Crippen molar-refractivity contribution in [2.75, 3.05) is 20.1 Å². The third-order valence-corrected chi connectivity index (χ3v) is 3.57. The summed E-state index contributed by atoms with van der Waals surface area (Å²) in [5.41, 5.74) is 6.93. The molecule has 3 heteroatoms. The lowest BCUT2D eigenvalue weighted by Gasteiger charge is -2.37. The van der Waals surface area contributed by atoms with Gasteiger partial charge in [-0.05, 0) is 56.6 Å². The quantitative estimate of drug-likeness (QED) is 0.831. The normalized spacial score (nSPS) is 26.9. The summed E-state index contributed by atoms with van der Waals surface area (Å²) in [6, 6.07) is 7.23. The van der Waals surface area contributed by atoms with Crippen molar-refractivity contribution in [1.29, 1.82) is 0 Å². The van der Waals surface area contributed by atoms with Crippen LogP contribution in [0.25, 0.3) is 0 Å². The molecule has 0 radical (unpaired) electrons. The van der Waals surface area contributed by atoms with Crippen molar-refractivity contribution in [3.8, 4) is 0 Å². The molecule has 1 saturated heterocycles. The molecule has 88 valence electrons. The maximum atomic E-state index is 12.9. The molecule has 2 rings (SSSR count). The summed E-state index contributed by atoms with van der Waals surface area (Å²) in [4.78, 5) is 2.33. The molecule has 2 nitrogen and oxygen atoms in total. The number of rotatable bonds is 2. The van der Waals surface area contributed by atoms with Crippen LogP contribution < -0.4 is 5.73 Å². The molecule has 0 bridgehead atoms. The number of halogens is 1. The van der Waals surface area contributed by atoms with E-state index in [1.54, 1.807) is 0 Å². The Morgan fingerprint density at radius 2 is 2.06 bits per heavy atom. The minimum atomic E-state index is -0.169. The van der Waals surface area contributed by atoms with Crippen LogP contribution in [-0.4, -0.2) is 25.0 Å². The van der Waals surface area contributed by atoms with E-state index in [9.17, 15) is 4.39 Å². The fourth-order valence-electron chi connectivity index (χ4n) is 2.45. The summed E-state index contributed by atoms with van der Waals surface area (Å²) in [5.74, 6) is 0.434. The van der Waals surface area contributed by atoms with Crippen LogP contribution in [0.15, 0.2) is 24.3 Å². The lowest BCUT2D eigenvalue weighted by atomic mass is 9.87. The number of nitrogens with zero attached hydrogens (tertiary/aromatic N) is 1. The average Bonchev–Trinajstić information content (AvgIpc) is 2.31. The van der Waals surface area contributed by atoms with Crippen LogP contribution in [0.5, 0.6) is 0 Å². The van der Waals surface area contributed by atoms with Crippen LogP contribution in [0, 0.1) is 11.7 Å². The zero-order valence-electron chi connectivity index (χ0n) is 9.70. The number of piperidine rings is 1. The fourth-order valence-corrected chi connectivity index (χ4v) is 2.45. The number of hydrogen-bond acceptors (Lipinski definition) is 2. The van der Waals surface area contributed by atoms with E-state index in [4.69, 9.17) is 5.73 Å². The predicted octanol–water partition coefficient (Wildman–Crippen LogP) is 2.17. The molecule has 0 amide bonds. The van der Waals surface area contributed by atoms with E-state index in [0.717, 1.165) is 19.5 Å². The highest BCUT2D eigenvalue weighted by atomic mass is 19.1. The van der Waals surface area contributed by atoms with Gasteiger partial charge in [0.15, 0.2) is 0 Å². The second kappa shape index (κ2) is 4.93. The van der Waals surface area contributed by atoms with E-state index in [1.165, 1.54) is 24.1 Å². The summed E-state index contributed by atoms with van der Waals surface area (Å²) in [7, 11) is 2.13. The van der Waals surface area contributed by atoms with Gasteiger partial charge in [0, 0.05) is 6.04 Å². The number of likely N-dealkylation sites (tertiary alicyclic amines) is 1. The Balaban J connectivity index is 2.14. The van der Waals surface area contributed by atoms with E-state index in [0.29, 0.717) is 12.0 Å². The van der Waals surface area contributed by atoms with Crippen LogP contribution in [0.1, 0.15) is 24.4 Å². The zero-order chi connectivity index (χ0) is 11.5. The molecule has 1 fully saturated rings. The van der Waals surface area contributed by atoms with Crippen molar-refractivity contribution in [2.45, 2.75) is 18.9 Å². The molecule has 16 heavy (non-hydrogen) atoms. The molecule has 0 aliphatic carbocycles. The molecule has 1 aliphatic rings. The van der Waals surface area contributed by atoms with Gasteiger partial charge in [0.25, 0.3) is 0 Å². The zero-order valence-corrected chi connectivity index (χ0v) is 9.70. The van der Waals surface area contributed by atoms with Gasteiger partial charge in [-0.25, -0.2) is 4.39 Å². The maximum Gasteiger partial charge on any atom is 0.123 e. The van der Waals surface area contributed by atoms with Crippen molar-refractivity contribution in [2.24, 2.45) is 11.7 Å². The van der Waals surface area contributed by atoms with E-state index in [2.05, 4.69) is 11.9 Å². The molecular weight excluding hydrogens is 203 g/mol. The van der Waals surface area contributed by atoms with E-state index < -0.39 is 0 Å². The third-order valence-electron chi connectivity index (χ3n) is 3.57. The molecule has 0 saturated carbocycles. The van der Waals surface area contributed by atoms with Gasteiger partial charge in [-0.3, -0.25) is 4.90 Å². The molecule has 2 N–H and O–H groups in total. The average molecular weight is 222 g/mol. The Morgan fingerprint density at radius 1 is 1.38 bits per heavy atom. The number of nitrogens with two attached hydrogens (primary N) is 1. The van der Waals surface area contributed by atoms with Gasteiger partial charge < -0.3 is 5.73 Å². The fraction of sp³-hybridized carbons (Fsp3) is 0.538. The summed E-state index contributed by atoms with van der Waals surface area (Å²) in [6.45, 7) is 1.83. The Labute approximate surface area is 96.2 Å². The van der Waals surface area contributed by atoms with E-state index in [-0.39, 0.29) is 5.82 Å². The monoisotopic (exact) mass is 222 g/mol. The first-order valence-corrected chi connectivity index (χ1v) is 5.86. The SMILES string of the molecule is CN1CCC(CN)CC1c1ccc(F)cc1. The van der Waals surface area contributed by atoms with Gasteiger partial charge in [0.2, 0.25) is 0 Å². The van der Waals surface area contributed by atoms with Crippen LogP contribution in [0.3, 0.4) is 0 Å². The number of hydrogen-bond donors (Lipinski definition) is 1. The summed E-state index contributed by atoms with van der Waals surface area (Å²) in [6.07, 6.45) is 2.25. The Bertz CT molecular complexity index is 336. The summed E-state index contributed by atoms with van der Waals surface area (Å²) < 4.78 is 12.9. The van der Waals surface area contributed by atoms with E-state index in [1.807, 2.05) is 12.1 Å². The lowest BCUT2D eigenvalue weighted by Crippen LogP contribution is -2.36. The van der Waals surface area contributed by atoms with Gasteiger partial charge in [-0.1, -0.05) is 12.1 Å². The largest absolute Gasteiger partial charge is 0.330 e. The highest BCUT2D eigenvalue weighted by molar-refractivity contribution is 5.20. The highest BCUT2D eigenvalue weighted by Crippen LogP contribution is 2.32. The molecule has 1 aromatic carbocycles. The molecule has 2 unspecified atom stereocenters. The van der Waals surface area contributed by atoms with E-state index >= 15 is 0 Å². The molecule has 1 aromatic rings. The third kappa shape index (κ3) is 2.42. The van der Waals surface area contributed by atoms with Crippen LogP contribution in [0.2, 0.25) is 0 Å². The second-order valence-electron chi connectivity index (χ2n) is 4.67. The topological polar surface area (TPSA) is 29.3 Å². The van der Waals surface area contributed by atoms with Gasteiger partial charge in [0.05, 0.1) is 0 Å². The van der Waals surface area contributed by atoms with Crippen LogP contribution >= 0.6 is 0 Å². The minimum Gasteiger partial charge on any atom is -0.330 e. The molecule has 1 heterocycles. The lowest BCUT2D eigenvalue weighted by molar-refractivity contribution is 0.145. The van der Waals surface area contributed by atoms with Gasteiger partial charge >= 0.3 is 0 Å². The smallest absolute Gasteiger partial charge is 0.123 e. The van der Waals surface area contributed by atoms with Crippen molar-refractivity contribution in [3.63, 3.8) is 0 Å². The van der Waals surface area contributed by atoms with Gasteiger partial charge in [0.1, 0.15) is 5.82 Å². The maximum absolute atomic E-state index is 12.9. The predicted molar refractivity (Wildman–Crippen MR) is 63.5 cm³/mol. The van der Waals surface area contributed by atoms with Crippen molar-refractivity contribution < 1.29 is 4.39 Å². The van der Waals surface area contributed by atoms with Gasteiger partial charge in [-0.15, -0.1) is 0 Å². The molecule has 1 aliphatic heterocycles. The first-order chi connectivity index (χ1) is 7.70. The van der Waals surface area contributed by atoms with Crippen molar-refractivity contribution in [3.05, 3.63) is 35.6 Å². The highest BCUT2D eigenvalue weighted by Gasteiger charge is 2.26. The molecule has 0 spiro atoms. The van der Waals surface area contributed by atoms with Gasteiger partial charge in [-0.2, -0.15) is 0 Å². The van der Waals surface area contributed by atoms with Crippen molar-refractivity contribution in [1.82, 2.24) is 4.90 Å². The number of benzene rings is 1. The molecule has 2 atom stereocenters. The second-order valence-corrected chi connectivity index (χ2v) is 4.67. The Kier molecular flexibility index (Phi) is 3.56. The molecule has 0 aromatic heterocycles. The first-order valence-electron chi connectivity index (χ1n) is 5.86. The first kappa shape index (κ1) is 11.6. The Morgan fingerprint density at radius 3 is 2.69 bits per heavy atom. The molecular formula is C13H19FN2. The van der Waals surface area contributed by atoms with Crippen molar-refractivity contribution >= 4 is 0 Å².